The maximum atomic E-state index is 10.3. The Morgan fingerprint density at radius 3 is 2.41 bits per heavy atom. The highest BCUT2D eigenvalue weighted by atomic mass is 35.5. The summed E-state index contributed by atoms with van der Waals surface area (Å²) in [5.74, 6) is 0. The lowest BCUT2D eigenvalue weighted by Gasteiger charge is -2.20. The second-order valence-corrected chi connectivity index (χ2v) is 6.08. The van der Waals surface area contributed by atoms with Gasteiger partial charge in [0, 0.05) is 35.9 Å². The van der Waals surface area contributed by atoms with Crippen LogP contribution >= 0.6 is 11.6 Å². The smallest absolute Gasteiger partial charge is 0.0914 e. The van der Waals surface area contributed by atoms with Crippen molar-refractivity contribution in [2.75, 3.05) is 6.54 Å². The van der Waals surface area contributed by atoms with E-state index in [1.165, 1.54) is 5.56 Å². The van der Waals surface area contributed by atoms with Crippen LogP contribution < -0.4 is 5.32 Å². The highest BCUT2D eigenvalue weighted by molar-refractivity contribution is 6.30. The molecule has 2 N–H and O–H groups in total. The molecule has 22 heavy (non-hydrogen) atoms. The lowest BCUT2D eigenvalue weighted by Crippen LogP contribution is -2.27. The molecule has 0 fully saturated rings. The number of nitrogens with one attached hydrogen (secondary N) is 1. The molecule has 0 bridgehead atoms. The third-order valence-corrected chi connectivity index (χ3v) is 4.39. The normalized spacial score (nSPS) is 14.1. The van der Waals surface area contributed by atoms with Gasteiger partial charge < -0.3 is 10.4 Å². The third kappa shape index (κ3) is 3.69. The van der Waals surface area contributed by atoms with E-state index in [2.05, 4.69) is 24.3 Å². The van der Waals surface area contributed by atoms with Gasteiger partial charge in [0.15, 0.2) is 0 Å². The molecular formula is C17H24ClN3O. The molecule has 1 heterocycles. The minimum absolute atomic E-state index is 0.190. The van der Waals surface area contributed by atoms with E-state index in [0.717, 1.165) is 23.4 Å². The molecule has 120 valence electrons. The third-order valence-electron chi connectivity index (χ3n) is 4.13. The molecule has 1 aromatic carbocycles. The average Bonchev–Trinajstić information content (AvgIpc) is 2.74. The Hall–Kier alpha value is -1.36. The summed E-state index contributed by atoms with van der Waals surface area (Å²) < 4.78 is 1.91. The zero-order valence-corrected chi connectivity index (χ0v) is 14.4. The van der Waals surface area contributed by atoms with Gasteiger partial charge in [0.1, 0.15) is 0 Å². The van der Waals surface area contributed by atoms with Crippen molar-refractivity contribution in [3.8, 4) is 0 Å². The lowest BCUT2D eigenvalue weighted by molar-refractivity contribution is 0.169. The number of aliphatic hydroxyl groups excluding tert-OH is 1. The Morgan fingerprint density at radius 2 is 1.91 bits per heavy atom. The molecule has 4 nitrogen and oxygen atoms in total. The Kier molecular flexibility index (Phi) is 5.62. The van der Waals surface area contributed by atoms with Crippen molar-refractivity contribution in [2.24, 2.45) is 7.05 Å². The molecule has 2 aromatic rings. The Morgan fingerprint density at radius 1 is 1.27 bits per heavy atom. The van der Waals surface area contributed by atoms with Crippen molar-refractivity contribution < 1.29 is 5.11 Å². The maximum absolute atomic E-state index is 10.3. The van der Waals surface area contributed by atoms with E-state index in [9.17, 15) is 5.11 Å². The first-order valence-electron chi connectivity index (χ1n) is 7.61. The van der Waals surface area contributed by atoms with Crippen LogP contribution in [0.5, 0.6) is 0 Å². The van der Waals surface area contributed by atoms with Crippen LogP contribution in [0.25, 0.3) is 0 Å². The zero-order valence-electron chi connectivity index (χ0n) is 13.6. The van der Waals surface area contributed by atoms with Crippen molar-refractivity contribution in [3.05, 3.63) is 51.8 Å². The largest absolute Gasteiger partial charge is 0.387 e. The van der Waals surface area contributed by atoms with E-state index in [4.69, 9.17) is 11.6 Å². The first-order chi connectivity index (χ1) is 10.4. The lowest BCUT2D eigenvalue weighted by atomic mass is 10.0. The van der Waals surface area contributed by atoms with Crippen LogP contribution in [0, 0.1) is 13.8 Å². The Labute approximate surface area is 137 Å². The predicted octanol–water partition coefficient (Wildman–Crippen LogP) is 3.46. The Bertz CT molecular complexity index is 622. The highest BCUT2D eigenvalue weighted by Crippen LogP contribution is 2.24. The van der Waals surface area contributed by atoms with E-state index in [1.54, 1.807) is 12.1 Å². The van der Waals surface area contributed by atoms with Gasteiger partial charge in [-0.1, -0.05) is 30.7 Å². The minimum Gasteiger partial charge on any atom is -0.387 e. The first-order valence-corrected chi connectivity index (χ1v) is 7.98. The Balaban J connectivity index is 2.06. The molecule has 0 radical (unpaired) electrons. The van der Waals surface area contributed by atoms with Gasteiger partial charge in [0.05, 0.1) is 11.8 Å². The molecule has 2 rings (SSSR count). The van der Waals surface area contributed by atoms with Crippen LogP contribution in [0.2, 0.25) is 5.02 Å². The molecule has 0 saturated heterocycles. The first kappa shape index (κ1) is 17.0. The quantitative estimate of drug-likeness (QED) is 0.856. The van der Waals surface area contributed by atoms with Gasteiger partial charge in [0.2, 0.25) is 0 Å². The maximum Gasteiger partial charge on any atom is 0.0914 e. The van der Waals surface area contributed by atoms with Crippen LogP contribution in [0.3, 0.4) is 0 Å². The van der Waals surface area contributed by atoms with Crippen molar-refractivity contribution in [2.45, 2.75) is 39.3 Å². The summed E-state index contributed by atoms with van der Waals surface area (Å²) >= 11 is 5.88. The minimum atomic E-state index is -0.552. The number of halogens is 1. The molecule has 0 aliphatic rings. The molecule has 0 saturated carbocycles. The summed E-state index contributed by atoms with van der Waals surface area (Å²) in [4.78, 5) is 0. The number of hydrogen-bond donors (Lipinski definition) is 2. The monoisotopic (exact) mass is 321 g/mol. The number of hydrogen-bond acceptors (Lipinski definition) is 3. The van der Waals surface area contributed by atoms with Gasteiger partial charge >= 0.3 is 0 Å². The second-order valence-electron chi connectivity index (χ2n) is 5.64. The van der Waals surface area contributed by atoms with E-state index in [1.807, 2.05) is 30.8 Å². The summed E-state index contributed by atoms with van der Waals surface area (Å²) in [5.41, 5.74) is 4.30. The van der Waals surface area contributed by atoms with Crippen LogP contribution in [-0.4, -0.2) is 21.4 Å². The fraction of sp³-hybridized carbons (Fsp3) is 0.471. The molecule has 2 unspecified atom stereocenters. The van der Waals surface area contributed by atoms with Gasteiger partial charge in [-0.25, -0.2) is 0 Å². The van der Waals surface area contributed by atoms with Crippen LogP contribution in [0.1, 0.15) is 48.0 Å². The SMILES string of the molecule is CCC(NCC(O)c1ccc(Cl)cc1)c1c(C)nn(C)c1C. The van der Waals surface area contributed by atoms with Crippen molar-refractivity contribution >= 4 is 11.6 Å². The molecular weight excluding hydrogens is 298 g/mol. The van der Waals surface area contributed by atoms with E-state index in [-0.39, 0.29) is 6.04 Å². The number of aromatic nitrogens is 2. The molecule has 1 aromatic heterocycles. The van der Waals surface area contributed by atoms with Gasteiger partial charge in [0.25, 0.3) is 0 Å². The van der Waals surface area contributed by atoms with Gasteiger partial charge in [-0.15, -0.1) is 0 Å². The van der Waals surface area contributed by atoms with Crippen LogP contribution in [0.4, 0.5) is 0 Å². The fourth-order valence-corrected chi connectivity index (χ4v) is 2.93. The topological polar surface area (TPSA) is 50.1 Å². The fourth-order valence-electron chi connectivity index (χ4n) is 2.80. The summed E-state index contributed by atoms with van der Waals surface area (Å²) in [6, 6.07) is 7.50. The number of nitrogens with zero attached hydrogens (tertiary/aromatic N) is 2. The average molecular weight is 322 g/mol. The molecule has 2 atom stereocenters. The van der Waals surface area contributed by atoms with Crippen molar-refractivity contribution in [3.63, 3.8) is 0 Å². The van der Waals surface area contributed by atoms with E-state index >= 15 is 0 Å². The van der Waals surface area contributed by atoms with Gasteiger partial charge in [-0.2, -0.15) is 5.10 Å². The predicted molar refractivity (Wildman–Crippen MR) is 90.1 cm³/mol. The molecule has 0 aliphatic carbocycles. The number of benzene rings is 1. The number of rotatable bonds is 6. The van der Waals surface area contributed by atoms with Crippen molar-refractivity contribution in [1.29, 1.82) is 0 Å². The summed E-state index contributed by atoms with van der Waals surface area (Å²) in [7, 11) is 1.96. The standard InChI is InChI=1S/C17H24ClN3O/c1-5-15(17-11(2)20-21(4)12(17)3)19-10-16(22)13-6-8-14(18)9-7-13/h6-9,15-16,19,22H,5,10H2,1-4H3. The number of aliphatic hydroxyl groups is 1. The zero-order chi connectivity index (χ0) is 16.3. The van der Waals surface area contributed by atoms with Gasteiger partial charge in [-0.3, -0.25) is 4.68 Å². The molecule has 5 heteroatoms. The van der Waals surface area contributed by atoms with Crippen molar-refractivity contribution in [1.82, 2.24) is 15.1 Å². The number of aryl methyl sites for hydroxylation is 2. The summed E-state index contributed by atoms with van der Waals surface area (Å²) in [6.45, 7) is 6.74. The summed E-state index contributed by atoms with van der Waals surface area (Å²) in [5, 5.41) is 18.9. The van der Waals surface area contributed by atoms with Crippen LogP contribution in [0.15, 0.2) is 24.3 Å². The molecule has 0 amide bonds. The van der Waals surface area contributed by atoms with E-state index < -0.39 is 6.10 Å². The second kappa shape index (κ2) is 7.27. The van der Waals surface area contributed by atoms with Gasteiger partial charge in [-0.05, 0) is 38.0 Å². The van der Waals surface area contributed by atoms with Crippen LogP contribution in [-0.2, 0) is 7.05 Å². The summed E-state index contributed by atoms with van der Waals surface area (Å²) in [6.07, 6.45) is 0.393. The molecule has 0 spiro atoms. The van der Waals surface area contributed by atoms with E-state index in [0.29, 0.717) is 11.6 Å². The molecule has 0 aliphatic heterocycles. The highest BCUT2D eigenvalue weighted by Gasteiger charge is 2.19.